The van der Waals surface area contributed by atoms with Crippen molar-refractivity contribution in [3.8, 4) is 0 Å². The third-order valence-electron chi connectivity index (χ3n) is 1.35. The molecule has 11 heavy (non-hydrogen) atoms. The summed E-state index contributed by atoms with van der Waals surface area (Å²) in [7, 11) is 0. The number of ether oxygens (including phenoxy) is 1. The molecule has 0 saturated heterocycles. The zero-order chi connectivity index (χ0) is 7.94. The highest BCUT2D eigenvalue weighted by Crippen LogP contribution is 1.86. The Kier molecular flexibility index (Phi) is 3.69. The Morgan fingerprint density at radius 1 is 1.55 bits per heavy atom. The summed E-state index contributed by atoms with van der Waals surface area (Å²) in [5.41, 5.74) is 0. The normalized spacial score (nSPS) is 10.3. The number of hydrogen-bond donors (Lipinski definition) is 0. The van der Waals surface area contributed by atoms with E-state index in [-0.39, 0.29) is 0 Å². The van der Waals surface area contributed by atoms with Crippen LogP contribution in [0.25, 0.3) is 0 Å². The quantitative estimate of drug-likeness (QED) is 0.592. The van der Waals surface area contributed by atoms with Gasteiger partial charge >= 0.3 is 0 Å². The predicted molar refractivity (Wildman–Crippen MR) is 42.2 cm³/mol. The maximum Gasteiger partial charge on any atom is 0.108 e. The van der Waals surface area contributed by atoms with Gasteiger partial charge in [-0.15, -0.1) is 0 Å². The van der Waals surface area contributed by atoms with Crippen LogP contribution in [0.4, 0.5) is 0 Å². The minimum atomic E-state index is 0.762. The monoisotopic (exact) mass is 153 g/mol. The van der Waals surface area contributed by atoms with Gasteiger partial charge in [-0.25, -0.2) is 4.98 Å². The van der Waals surface area contributed by atoms with Crippen molar-refractivity contribution in [2.75, 3.05) is 13.2 Å². The van der Waals surface area contributed by atoms with Gasteiger partial charge in [0, 0.05) is 19.3 Å². The molecule has 1 rings (SSSR count). The molecule has 1 heterocycles. The molecule has 0 aliphatic heterocycles. The van der Waals surface area contributed by atoms with Gasteiger partial charge in [0.05, 0.1) is 12.9 Å². The Labute approximate surface area is 67.0 Å². The van der Waals surface area contributed by atoms with Crippen LogP contribution in [0.2, 0.25) is 0 Å². The highest BCUT2D eigenvalue weighted by atomic mass is 16.5. The summed E-state index contributed by atoms with van der Waals surface area (Å²) in [4.78, 5) is 3.80. The Balaban J connectivity index is 2.04. The molecule has 0 bridgehead atoms. The zero-order valence-corrected chi connectivity index (χ0v) is 6.79. The molecule has 0 aliphatic carbocycles. The largest absolute Gasteiger partial charge is 0.380 e. The molecule has 0 fully saturated rings. The first-order valence-electron chi connectivity index (χ1n) is 3.89. The molecule has 61 valence electrons. The topological polar surface area (TPSA) is 27.1 Å². The van der Waals surface area contributed by atoms with Gasteiger partial charge < -0.3 is 9.30 Å². The lowest BCUT2D eigenvalue weighted by molar-refractivity contribution is 0.127. The van der Waals surface area contributed by atoms with Crippen molar-refractivity contribution in [3.05, 3.63) is 18.7 Å². The van der Waals surface area contributed by atoms with Crippen LogP contribution in [-0.4, -0.2) is 22.8 Å². The maximum atomic E-state index is 5.29. The van der Waals surface area contributed by atoms with Crippen LogP contribution in [0.3, 0.4) is 0 Å². The lowest BCUT2D eigenvalue weighted by Gasteiger charge is -2.01. The molecule has 1 radical (unpaired) electrons. The Morgan fingerprint density at radius 3 is 3.09 bits per heavy atom. The van der Waals surface area contributed by atoms with Crippen LogP contribution in [-0.2, 0) is 11.3 Å². The molecular formula is C8H13N2O. The molecule has 0 aliphatic rings. The molecule has 3 heteroatoms. The zero-order valence-electron chi connectivity index (χ0n) is 6.79. The molecule has 1 aromatic heterocycles. The lowest BCUT2D eigenvalue weighted by Crippen LogP contribution is -2.04. The van der Waals surface area contributed by atoms with E-state index in [2.05, 4.69) is 18.1 Å². The smallest absolute Gasteiger partial charge is 0.108 e. The summed E-state index contributed by atoms with van der Waals surface area (Å²) in [6, 6.07) is 0. The SMILES string of the molecule is CCCOCCn1c[c]nc1. The van der Waals surface area contributed by atoms with Crippen molar-refractivity contribution in [2.45, 2.75) is 19.9 Å². The number of hydrogen-bond acceptors (Lipinski definition) is 2. The van der Waals surface area contributed by atoms with E-state index in [1.54, 1.807) is 6.33 Å². The summed E-state index contributed by atoms with van der Waals surface area (Å²) >= 11 is 0. The van der Waals surface area contributed by atoms with Crippen molar-refractivity contribution in [3.63, 3.8) is 0 Å². The molecule has 0 aromatic carbocycles. The second-order valence-electron chi connectivity index (χ2n) is 2.35. The number of nitrogens with zero attached hydrogens (tertiary/aromatic N) is 2. The molecule has 0 unspecified atom stereocenters. The van der Waals surface area contributed by atoms with E-state index >= 15 is 0 Å². The number of aromatic nitrogens is 2. The fourth-order valence-electron chi connectivity index (χ4n) is 0.787. The van der Waals surface area contributed by atoms with Crippen molar-refractivity contribution < 1.29 is 4.74 Å². The van der Waals surface area contributed by atoms with Crippen LogP contribution in [0.1, 0.15) is 13.3 Å². The van der Waals surface area contributed by atoms with E-state index in [0.29, 0.717) is 0 Å². The van der Waals surface area contributed by atoms with E-state index < -0.39 is 0 Å². The van der Waals surface area contributed by atoms with Crippen molar-refractivity contribution in [2.24, 2.45) is 0 Å². The highest BCUT2D eigenvalue weighted by Gasteiger charge is 1.88. The van der Waals surface area contributed by atoms with E-state index in [1.807, 2.05) is 10.8 Å². The van der Waals surface area contributed by atoms with Gasteiger partial charge in [0.15, 0.2) is 0 Å². The van der Waals surface area contributed by atoms with E-state index in [0.717, 1.165) is 26.2 Å². The summed E-state index contributed by atoms with van der Waals surface area (Å²) < 4.78 is 7.25. The van der Waals surface area contributed by atoms with Crippen molar-refractivity contribution in [1.82, 2.24) is 9.55 Å². The van der Waals surface area contributed by atoms with Crippen molar-refractivity contribution >= 4 is 0 Å². The fraction of sp³-hybridized carbons (Fsp3) is 0.625. The van der Waals surface area contributed by atoms with Gasteiger partial charge in [-0.05, 0) is 6.42 Å². The minimum absolute atomic E-state index is 0.762. The Hall–Kier alpha value is -0.830. The molecular weight excluding hydrogens is 140 g/mol. The maximum absolute atomic E-state index is 5.29. The second-order valence-corrected chi connectivity index (χ2v) is 2.35. The first-order valence-corrected chi connectivity index (χ1v) is 3.89. The summed E-state index contributed by atoms with van der Waals surface area (Å²) in [6.07, 6.45) is 7.37. The van der Waals surface area contributed by atoms with Gasteiger partial charge in [-0.3, -0.25) is 0 Å². The standard InChI is InChI=1S/C8H13N2O/c1-2-6-11-7-5-10-4-3-9-8-10/h4,8H,2,5-7H2,1H3. The fourth-order valence-corrected chi connectivity index (χ4v) is 0.787. The number of imidazole rings is 1. The minimum Gasteiger partial charge on any atom is -0.380 e. The summed E-state index contributed by atoms with van der Waals surface area (Å²) in [5, 5.41) is 0. The van der Waals surface area contributed by atoms with Gasteiger partial charge in [0.1, 0.15) is 6.20 Å². The van der Waals surface area contributed by atoms with Gasteiger partial charge in [-0.1, -0.05) is 6.92 Å². The average molecular weight is 153 g/mol. The molecule has 3 nitrogen and oxygen atoms in total. The Morgan fingerprint density at radius 2 is 2.45 bits per heavy atom. The van der Waals surface area contributed by atoms with E-state index in [9.17, 15) is 0 Å². The summed E-state index contributed by atoms with van der Waals surface area (Å²) in [5.74, 6) is 0. The predicted octanol–water partition coefficient (Wildman–Crippen LogP) is 1.11. The number of rotatable bonds is 5. The third kappa shape index (κ3) is 3.18. The molecule has 1 aromatic rings. The average Bonchev–Trinajstić information content (AvgIpc) is 2.50. The van der Waals surface area contributed by atoms with Crippen LogP contribution < -0.4 is 0 Å². The highest BCUT2D eigenvalue weighted by molar-refractivity contribution is 4.71. The molecule has 0 spiro atoms. The second kappa shape index (κ2) is 4.91. The van der Waals surface area contributed by atoms with E-state index in [1.165, 1.54) is 0 Å². The first-order chi connectivity index (χ1) is 5.43. The lowest BCUT2D eigenvalue weighted by atomic mass is 10.5. The van der Waals surface area contributed by atoms with Gasteiger partial charge in [0.2, 0.25) is 0 Å². The third-order valence-corrected chi connectivity index (χ3v) is 1.35. The van der Waals surface area contributed by atoms with E-state index in [4.69, 9.17) is 4.74 Å². The molecule has 0 amide bonds. The molecule has 0 saturated carbocycles. The van der Waals surface area contributed by atoms with Crippen molar-refractivity contribution in [1.29, 1.82) is 0 Å². The van der Waals surface area contributed by atoms with Gasteiger partial charge in [-0.2, -0.15) is 0 Å². The molecule has 0 atom stereocenters. The van der Waals surface area contributed by atoms with Crippen LogP contribution in [0.5, 0.6) is 0 Å². The van der Waals surface area contributed by atoms with Crippen LogP contribution in [0.15, 0.2) is 12.5 Å². The van der Waals surface area contributed by atoms with Gasteiger partial charge in [0.25, 0.3) is 0 Å². The Bertz CT molecular complexity index is 172. The molecule has 0 N–H and O–H groups in total. The summed E-state index contributed by atoms with van der Waals surface area (Å²) in [6.45, 7) is 4.58. The van der Waals surface area contributed by atoms with Crippen LogP contribution in [0, 0.1) is 6.20 Å². The van der Waals surface area contributed by atoms with Crippen LogP contribution >= 0.6 is 0 Å². The first kappa shape index (κ1) is 8.27.